The van der Waals surface area contributed by atoms with Crippen LogP contribution in [0.25, 0.3) is 0 Å². The molecule has 11 heteroatoms. The van der Waals surface area contributed by atoms with Gasteiger partial charge in [0.1, 0.15) is 17.6 Å². The number of sulfonamides is 1. The molecule has 3 rings (SSSR count). The Morgan fingerprint density at radius 1 is 1.17 bits per heavy atom. The van der Waals surface area contributed by atoms with Crippen LogP contribution in [0.4, 0.5) is 13.2 Å². The molecule has 0 aliphatic carbocycles. The molecule has 1 aliphatic heterocycles. The maximum Gasteiger partial charge on any atom is 0.573 e. The third-order valence-electron chi connectivity index (χ3n) is 4.32. The van der Waals surface area contributed by atoms with E-state index < -0.39 is 34.1 Å². The summed E-state index contributed by atoms with van der Waals surface area (Å²) in [4.78, 5) is 18.1. The minimum Gasteiger partial charge on any atom is -0.405 e. The lowest BCUT2D eigenvalue weighted by atomic mass is 10.1. The normalized spacial score (nSPS) is 17.2. The van der Waals surface area contributed by atoms with E-state index in [0.717, 1.165) is 6.07 Å². The average molecular weight is 441 g/mol. The molecular weight excluding hydrogens is 423 g/mol. The van der Waals surface area contributed by atoms with Gasteiger partial charge < -0.3 is 9.64 Å². The van der Waals surface area contributed by atoms with Crippen LogP contribution in [0.5, 0.6) is 5.75 Å². The van der Waals surface area contributed by atoms with E-state index in [-0.39, 0.29) is 22.8 Å². The molecule has 7 nitrogen and oxygen atoms in total. The number of halogens is 3. The molecule has 2 aromatic carbocycles. The Kier molecular flexibility index (Phi) is 5.75. The fraction of sp³-hybridized carbons (Fsp3) is 0.263. The second-order valence-electron chi connectivity index (χ2n) is 6.61. The van der Waals surface area contributed by atoms with Gasteiger partial charge in [-0.1, -0.05) is 30.3 Å². The van der Waals surface area contributed by atoms with E-state index in [1.165, 1.54) is 43.1 Å². The van der Waals surface area contributed by atoms with Gasteiger partial charge in [-0.25, -0.2) is 8.42 Å². The van der Waals surface area contributed by atoms with Gasteiger partial charge in [-0.15, -0.1) is 13.2 Å². The largest absolute Gasteiger partial charge is 0.573 e. The molecule has 1 atom stereocenters. The highest BCUT2D eigenvalue weighted by Gasteiger charge is 2.33. The predicted molar refractivity (Wildman–Crippen MR) is 102 cm³/mol. The highest BCUT2D eigenvalue weighted by Crippen LogP contribution is 2.27. The van der Waals surface area contributed by atoms with Crippen LogP contribution in [-0.4, -0.2) is 44.5 Å². The number of fused-ring (bicyclic) bond motifs is 1. The molecule has 0 radical (unpaired) electrons. The van der Waals surface area contributed by atoms with Gasteiger partial charge in [-0.2, -0.15) is 0 Å². The molecule has 30 heavy (non-hydrogen) atoms. The number of para-hydroxylation sites is 1. The quantitative estimate of drug-likeness (QED) is 0.773. The molecule has 0 aromatic heterocycles. The number of alkyl halides is 3. The van der Waals surface area contributed by atoms with Crippen LogP contribution in [0.15, 0.2) is 58.4 Å². The number of hydrogen-bond acceptors (Lipinski definition) is 5. The summed E-state index contributed by atoms with van der Waals surface area (Å²) in [5, 5.41) is 0. The van der Waals surface area contributed by atoms with Gasteiger partial charge in [0.25, 0.3) is 10.0 Å². The van der Waals surface area contributed by atoms with Crippen LogP contribution in [0.3, 0.4) is 0 Å². The Morgan fingerprint density at radius 3 is 2.50 bits per heavy atom. The summed E-state index contributed by atoms with van der Waals surface area (Å²) < 4.78 is 68.4. The van der Waals surface area contributed by atoms with Crippen molar-refractivity contribution in [2.45, 2.75) is 30.8 Å². The summed E-state index contributed by atoms with van der Waals surface area (Å²) in [5.41, 5.74) is 0.515. The number of benzene rings is 2. The number of likely N-dealkylation sites (N-methyl/N-ethyl adjacent to an activating group) is 1. The van der Waals surface area contributed by atoms with E-state index in [4.69, 9.17) is 0 Å². The molecule has 0 saturated carbocycles. The Hall–Kier alpha value is -3.08. The first kappa shape index (κ1) is 21.6. The molecule has 160 valence electrons. The van der Waals surface area contributed by atoms with Gasteiger partial charge in [0.2, 0.25) is 5.91 Å². The molecule has 1 aliphatic rings. The lowest BCUT2D eigenvalue weighted by Gasteiger charge is -2.21. The number of ether oxygens (including phenoxy) is 1. The number of rotatable bonds is 5. The SMILES string of the molecule is C[C@H](N=C1NS(=O)(=O)c2ccccc21)C(=O)N(C)Cc1ccccc1OC(F)(F)F. The van der Waals surface area contributed by atoms with Crippen molar-refractivity contribution < 1.29 is 31.1 Å². The number of nitrogens with one attached hydrogen (secondary N) is 1. The van der Waals surface area contributed by atoms with Crippen LogP contribution < -0.4 is 9.46 Å². The maximum atomic E-state index is 12.7. The first-order valence-corrected chi connectivity index (χ1v) is 10.2. The highest BCUT2D eigenvalue weighted by atomic mass is 32.2. The van der Waals surface area contributed by atoms with Crippen LogP contribution in [0.2, 0.25) is 0 Å². The standard InChI is InChI=1S/C19H18F3N3O4S/c1-12(23-17-14-8-4-6-10-16(14)30(27,28)24-17)18(26)25(2)11-13-7-3-5-9-15(13)29-19(20,21)22/h3-10,12H,11H2,1-2H3,(H,23,24)/t12-/m0/s1. The summed E-state index contributed by atoms with van der Waals surface area (Å²) >= 11 is 0. The zero-order valence-corrected chi connectivity index (χ0v) is 16.8. The van der Waals surface area contributed by atoms with Crippen LogP contribution in [0, 0.1) is 0 Å². The lowest BCUT2D eigenvalue weighted by molar-refractivity contribution is -0.275. The number of hydrogen-bond donors (Lipinski definition) is 1. The molecule has 0 spiro atoms. The summed E-state index contributed by atoms with van der Waals surface area (Å²) in [7, 11) is -2.33. The molecule has 0 saturated heterocycles. The first-order valence-electron chi connectivity index (χ1n) is 8.76. The second-order valence-corrected chi connectivity index (χ2v) is 8.26. The van der Waals surface area contributed by atoms with Crippen molar-refractivity contribution in [3.05, 3.63) is 59.7 Å². The van der Waals surface area contributed by atoms with Gasteiger partial charge in [-0.3, -0.25) is 14.5 Å². The third kappa shape index (κ3) is 4.73. The Balaban J connectivity index is 1.78. The first-order chi connectivity index (χ1) is 14.0. The van der Waals surface area contributed by atoms with Crippen molar-refractivity contribution in [2.24, 2.45) is 4.99 Å². The molecular formula is C19H18F3N3O4S. The van der Waals surface area contributed by atoms with Crippen molar-refractivity contribution in [1.29, 1.82) is 0 Å². The Morgan fingerprint density at radius 2 is 1.80 bits per heavy atom. The maximum absolute atomic E-state index is 12.7. The summed E-state index contributed by atoms with van der Waals surface area (Å²) in [6, 6.07) is 10.7. The molecule has 1 amide bonds. The molecule has 0 bridgehead atoms. The highest BCUT2D eigenvalue weighted by molar-refractivity contribution is 7.90. The Bertz CT molecular complexity index is 1100. The number of amidine groups is 1. The fourth-order valence-electron chi connectivity index (χ4n) is 2.99. The van der Waals surface area contributed by atoms with Gasteiger partial charge in [0, 0.05) is 24.7 Å². The van der Waals surface area contributed by atoms with Crippen molar-refractivity contribution in [3.8, 4) is 5.75 Å². The van der Waals surface area contributed by atoms with Crippen molar-refractivity contribution in [3.63, 3.8) is 0 Å². The zero-order chi connectivity index (χ0) is 22.1. The number of carbonyl (C=O) groups is 1. The molecule has 2 aromatic rings. The number of amides is 1. The van der Waals surface area contributed by atoms with E-state index in [1.807, 2.05) is 0 Å². The van der Waals surface area contributed by atoms with Gasteiger partial charge in [0.05, 0.1) is 4.90 Å². The minimum absolute atomic E-state index is 0.0423. The fourth-order valence-corrected chi connectivity index (χ4v) is 4.23. The van der Waals surface area contributed by atoms with E-state index in [9.17, 15) is 26.4 Å². The van der Waals surface area contributed by atoms with E-state index in [2.05, 4.69) is 14.5 Å². The van der Waals surface area contributed by atoms with Crippen LogP contribution in [0.1, 0.15) is 18.1 Å². The second kappa shape index (κ2) is 7.98. The van der Waals surface area contributed by atoms with Crippen molar-refractivity contribution >= 4 is 21.8 Å². The molecule has 0 fully saturated rings. The monoisotopic (exact) mass is 441 g/mol. The topological polar surface area (TPSA) is 88.1 Å². The smallest absolute Gasteiger partial charge is 0.405 e. The number of carbonyl (C=O) groups excluding carboxylic acids is 1. The number of aliphatic imine (C=N–C) groups is 1. The van der Waals surface area contributed by atoms with Gasteiger partial charge in [0.15, 0.2) is 0 Å². The lowest BCUT2D eigenvalue weighted by Crippen LogP contribution is -2.35. The van der Waals surface area contributed by atoms with Crippen LogP contribution in [-0.2, 0) is 21.4 Å². The van der Waals surface area contributed by atoms with E-state index in [1.54, 1.807) is 18.2 Å². The minimum atomic E-state index is -4.86. The van der Waals surface area contributed by atoms with Crippen LogP contribution >= 0.6 is 0 Å². The van der Waals surface area contributed by atoms with Crippen molar-refractivity contribution in [1.82, 2.24) is 9.62 Å². The number of nitrogens with zero attached hydrogens (tertiary/aromatic N) is 2. The van der Waals surface area contributed by atoms with Crippen molar-refractivity contribution in [2.75, 3.05) is 7.05 Å². The molecule has 1 heterocycles. The van der Waals surface area contributed by atoms with E-state index >= 15 is 0 Å². The Labute approximate surface area is 171 Å². The van der Waals surface area contributed by atoms with Gasteiger partial charge >= 0.3 is 6.36 Å². The molecule has 1 N–H and O–H groups in total. The van der Waals surface area contributed by atoms with E-state index in [0.29, 0.717) is 5.56 Å². The summed E-state index contributed by atoms with van der Waals surface area (Å²) in [5.74, 6) is -0.866. The summed E-state index contributed by atoms with van der Waals surface area (Å²) in [6.45, 7) is 1.32. The van der Waals surface area contributed by atoms with Gasteiger partial charge in [-0.05, 0) is 25.1 Å². The molecule has 0 unspecified atom stereocenters. The predicted octanol–water partition coefficient (Wildman–Crippen LogP) is 2.67. The summed E-state index contributed by atoms with van der Waals surface area (Å²) in [6.07, 6.45) is -4.86. The zero-order valence-electron chi connectivity index (χ0n) is 16.0. The average Bonchev–Trinajstić information content (AvgIpc) is 2.92. The third-order valence-corrected chi connectivity index (χ3v) is 5.72.